The largest absolute Gasteiger partial charge is 0.507 e. The first-order valence-electron chi connectivity index (χ1n) is 12.6. The van der Waals surface area contributed by atoms with E-state index in [0.29, 0.717) is 40.7 Å². The molecular formula is C30H32N2O7. The molecule has 0 radical (unpaired) electrons. The number of hydrogen-bond acceptors (Lipinski definition) is 8. The predicted molar refractivity (Wildman–Crippen MR) is 145 cm³/mol. The second kappa shape index (κ2) is 11.9. The number of aliphatic hydroxyl groups excluding tert-OH is 1. The van der Waals surface area contributed by atoms with Gasteiger partial charge in [0.05, 0.1) is 39.6 Å². The molecule has 204 valence electrons. The lowest BCUT2D eigenvalue weighted by Crippen LogP contribution is -2.29. The van der Waals surface area contributed by atoms with Crippen molar-refractivity contribution in [3.63, 3.8) is 0 Å². The van der Waals surface area contributed by atoms with Gasteiger partial charge in [0, 0.05) is 24.5 Å². The quantitative estimate of drug-likeness (QED) is 0.225. The summed E-state index contributed by atoms with van der Waals surface area (Å²) in [7, 11) is 4.46. The highest BCUT2D eigenvalue weighted by atomic mass is 16.5. The number of hydrogen-bond donors (Lipinski definition) is 1. The maximum absolute atomic E-state index is 13.5. The van der Waals surface area contributed by atoms with E-state index in [4.69, 9.17) is 18.9 Å². The molecule has 3 aromatic rings. The number of aliphatic hydroxyl groups is 1. The van der Waals surface area contributed by atoms with Crippen molar-refractivity contribution < 1.29 is 33.6 Å². The highest BCUT2D eigenvalue weighted by Crippen LogP contribution is 2.46. The van der Waals surface area contributed by atoms with Crippen LogP contribution in [0.25, 0.3) is 5.76 Å². The topological polar surface area (TPSA) is 107 Å². The summed E-state index contributed by atoms with van der Waals surface area (Å²) in [6.07, 6.45) is 4.09. The fraction of sp³-hybridized carbons (Fsp3) is 0.300. The van der Waals surface area contributed by atoms with Crippen LogP contribution in [0.15, 0.2) is 60.4 Å². The fourth-order valence-electron chi connectivity index (χ4n) is 4.66. The molecule has 1 N–H and O–H groups in total. The number of ketones is 1. The lowest BCUT2D eigenvalue weighted by atomic mass is 9.94. The number of benzene rings is 2. The Hall–Kier alpha value is -4.53. The summed E-state index contributed by atoms with van der Waals surface area (Å²) in [5, 5.41) is 11.5. The molecule has 0 saturated carbocycles. The Labute approximate surface area is 227 Å². The lowest BCUT2D eigenvalue weighted by Gasteiger charge is -2.26. The van der Waals surface area contributed by atoms with Crippen LogP contribution < -0.4 is 18.9 Å². The SMILES string of the molecule is CCCOc1ccc(/C(O)=C2\C(=O)C(=O)N(Cc3ccncc3)C2c2cc(OC)c(OC)c(OC)c2)cc1C. The Kier molecular flexibility index (Phi) is 8.39. The van der Waals surface area contributed by atoms with Crippen LogP contribution in [0.5, 0.6) is 23.0 Å². The number of ether oxygens (including phenoxy) is 4. The number of Topliss-reactive ketones (excluding diaryl/α,β-unsaturated/α-hetero) is 1. The molecule has 9 nitrogen and oxygen atoms in total. The van der Waals surface area contributed by atoms with Gasteiger partial charge in [-0.1, -0.05) is 6.92 Å². The van der Waals surface area contributed by atoms with Crippen molar-refractivity contribution in [1.82, 2.24) is 9.88 Å². The van der Waals surface area contributed by atoms with Crippen molar-refractivity contribution >= 4 is 17.4 Å². The van der Waals surface area contributed by atoms with E-state index in [2.05, 4.69) is 4.98 Å². The molecule has 0 bridgehead atoms. The zero-order chi connectivity index (χ0) is 28.1. The van der Waals surface area contributed by atoms with Crippen LogP contribution in [0.1, 0.15) is 41.6 Å². The Morgan fingerprint density at radius 2 is 1.62 bits per heavy atom. The van der Waals surface area contributed by atoms with Crippen LogP contribution in [0, 0.1) is 6.92 Å². The number of methoxy groups -OCH3 is 3. The van der Waals surface area contributed by atoms with Crippen LogP contribution in [-0.4, -0.2) is 54.6 Å². The second-order valence-electron chi connectivity index (χ2n) is 9.07. The molecule has 1 aromatic heterocycles. The molecule has 4 rings (SSSR count). The Balaban J connectivity index is 1.90. The number of amides is 1. The normalized spacial score (nSPS) is 16.3. The van der Waals surface area contributed by atoms with Gasteiger partial charge in [0.15, 0.2) is 11.5 Å². The van der Waals surface area contributed by atoms with Crippen molar-refractivity contribution in [3.05, 3.63) is 82.7 Å². The van der Waals surface area contributed by atoms with Gasteiger partial charge in [-0.15, -0.1) is 0 Å². The van der Waals surface area contributed by atoms with Gasteiger partial charge in [0.25, 0.3) is 11.7 Å². The molecule has 1 unspecified atom stereocenters. The zero-order valence-electron chi connectivity index (χ0n) is 22.7. The predicted octanol–water partition coefficient (Wildman–Crippen LogP) is 4.83. The van der Waals surface area contributed by atoms with Crippen LogP contribution in [0.2, 0.25) is 0 Å². The van der Waals surface area contributed by atoms with Crippen molar-refractivity contribution in [1.29, 1.82) is 0 Å². The Morgan fingerprint density at radius 1 is 0.949 bits per heavy atom. The third kappa shape index (κ3) is 5.38. The first kappa shape index (κ1) is 27.5. The first-order chi connectivity index (χ1) is 18.8. The third-order valence-corrected chi connectivity index (χ3v) is 6.56. The van der Waals surface area contributed by atoms with Crippen molar-refractivity contribution in [2.45, 2.75) is 32.9 Å². The van der Waals surface area contributed by atoms with Crippen LogP contribution in [0.3, 0.4) is 0 Å². The Morgan fingerprint density at radius 3 is 2.18 bits per heavy atom. The number of pyridine rings is 1. The lowest BCUT2D eigenvalue weighted by molar-refractivity contribution is -0.140. The molecule has 1 aliphatic heterocycles. The maximum atomic E-state index is 13.5. The van der Waals surface area contributed by atoms with Gasteiger partial charge in [0.2, 0.25) is 5.75 Å². The summed E-state index contributed by atoms with van der Waals surface area (Å²) in [5.41, 5.74) is 2.44. The van der Waals surface area contributed by atoms with Gasteiger partial charge in [0.1, 0.15) is 11.5 Å². The maximum Gasteiger partial charge on any atom is 0.295 e. The van der Waals surface area contributed by atoms with Crippen LogP contribution >= 0.6 is 0 Å². The zero-order valence-corrected chi connectivity index (χ0v) is 22.7. The van der Waals surface area contributed by atoms with Gasteiger partial charge in [-0.2, -0.15) is 0 Å². The van der Waals surface area contributed by atoms with Gasteiger partial charge >= 0.3 is 0 Å². The number of aryl methyl sites for hydroxylation is 1. The minimum Gasteiger partial charge on any atom is -0.507 e. The van der Waals surface area contributed by atoms with Crippen molar-refractivity contribution in [3.8, 4) is 23.0 Å². The van der Waals surface area contributed by atoms with E-state index in [-0.39, 0.29) is 17.9 Å². The van der Waals surface area contributed by atoms with Crippen molar-refractivity contribution in [2.24, 2.45) is 0 Å². The smallest absolute Gasteiger partial charge is 0.295 e. The van der Waals surface area contributed by atoms with E-state index in [1.807, 2.05) is 13.8 Å². The molecular weight excluding hydrogens is 500 g/mol. The second-order valence-corrected chi connectivity index (χ2v) is 9.07. The minimum atomic E-state index is -0.928. The molecule has 39 heavy (non-hydrogen) atoms. The number of rotatable bonds is 10. The number of carbonyl (C=O) groups is 2. The molecule has 2 heterocycles. The van der Waals surface area contributed by atoms with E-state index in [1.54, 1.807) is 54.9 Å². The van der Waals surface area contributed by atoms with Gasteiger partial charge < -0.3 is 29.0 Å². The summed E-state index contributed by atoms with van der Waals surface area (Å²) < 4.78 is 22.3. The minimum absolute atomic E-state index is 0.0371. The molecule has 1 aliphatic rings. The van der Waals surface area contributed by atoms with Gasteiger partial charge in [-0.3, -0.25) is 14.6 Å². The van der Waals surface area contributed by atoms with E-state index in [0.717, 1.165) is 17.5 Å². The molecule has 2 aromatic carbocycles. The number of likely N-dealkylation sites (tertiary alicyclic amines) is 1. The van der Waals surface area contributed by atoms with Gasteiger partial charge in [-0.05, 0) is 72.5 Å². The molecule has 0 aliphatic carbocycles. The molecule has 0 spiro atoms. The standard InChI is InChI=1S/C30H32N2O7/c1-6-13-39-22-8-7-20(14-18(22)2)27(33)25-26(21-15-23(36-3)29(38-5)24(16-21)37-4)32(30(35)28(25)34)17-19-9-11-31-12-10-19/h7-12,14-16,26,33H,6,13,17H2,1-5H3/b27-25+. The molecule has 1 amide bonds. The fourth-order valence-corrected chi connectivity index (χ4v) is 4.66. The number of carbonyl (C=O) groups excluding carboxylic acids is 2. The summed E-state index contributed by atoms with van der Waals surface area (Å²) in [4.78, 5) is 32.4. The first-order valence-corrected chi connectivity index (χ1v) is 12.6. The van der Waals surface area contributed by atoms with Crippen LogP contribution in [0.4, 0.5) is 0 Å². The monoisotopic (exact) mass is 532 g/mol. The number of aromatic nitrogens is 1. The summed E-state index contributed by atoms with van der Waals surface area (Å²) >= 11 is 0. The summed E-state index contributed by atoms with van der Waals surface area (Å²) in [6, 6.07) is 11.1. The van der Waals surface area contributed by atoms with Crippen molar-refractivity contribution in [2.75, 3.05) is 27.9 Å². The average Bonchev–Trinajstić information content (AvgIpc) is 3.20. The Bertz CT molecular complexity index is 1380. The third-order valence-electron chi connectivity index (χ3n) is 6.56. The van der Waals surface area contributed by atoms with E-state index >= 15 is 0 Å². The van der Waals surface area contributed by atoms with E-state index in [1.165, 1.54) is 26.2 Å². The van der Waals surface area contributed by atoms with Crippen LogP contribution in [-0.2, 0) is 16.1 Å². The molecule has 1 fully saturated rings. The van der Waals surface area contributed by atoms with E-state index in [9.17, 15) is 14.7 Å². The molecule has 1 atom stereocenters. The highest BCUT2D eigenvalue weighted by molar-refractivity contribution is 6.46. The summed E-state index contributed by atoms with van der Waals surface area (Å²) in [5.74, 6) is -0.0319. The number of nitrogens with zero attached hydrogens (tertiary/aromatic N) is 2. The summed E-state index contributed by atoms with van der Waals surface area (Å²) in [6.45, 7) is 4.56. The average molecular weight is 533 g/mol. The highest BCUT2D eigenvalue weighted by Gasteiger charge is 2.46. The van der Waals surface area contributed by atoms with E-state index < -0.39 is 17.7 Å². The van der Waals surface area contributed by atoms with Gasteiger partial charge in [-0.25, -0.2) is 0 Å². The molecule has 9 heteroatoms. The molecule has 1 saturated heterocycles.